The Balaban J connectivity index is 2.41. The molecule has 0 aliphatic rings. The fraction of sp³-hybridized carbons (Fsp3) is 0.231. The van der Waals surface area contributed by atoms with Gasteiger partial charge in [0.15, 0.2) is 0 Å². The normalized spacial score (nSPS) is 12.7. The molecule has 1 aromatic carbocycles. The number of benzene rings is 1. The van der Waals surface area contributed by atoms with Gasteiger partial charge in [0.1, 0.15) is 0 Å². The summed E-state index contributed by atoms with van der Waals surface area (Å²) in [6.45, 7) is 2.05. The molecule has 1 N–H and O–H groups in total. The Kier molecular flexibility index (Phi) is 3.64. The molecule has 16 heavy (non-hydrogen) atoms. The van der Waals surface area contributed by atoms with Crippen molar-refractivity contribution in [2.75, 3.05) is 7.05 Å². The molecule has 1 heterocycles. The Morgan fingerprint density at radius 3 is 2.69 bits per heavy atom. The zero-order valence-corrected chi connectivity index (χ0v) is 10.9. The van der Waals surface area contributed by atoms with Gasteiger partial charge < -0.3 is 5.32 Å². The first kappa shape index (κ1) is 11.6. The largest absolute Gasteiger partial charge is 0.309 e. The SMILES string of the molecule is CNC(c1ccsc1)c1ccc(C)cc1Cl. The number of nitrogens with one attached hydrogen (secondary N) is 1. The Bertz CT molecular complexity index is 465. The van der Waals surface area contributed by atoms with Crippen LogP contribution in [0.3, 0.4) is 0 Å². The molecule has 1 aromatic heterocycles. The summed E-state index contributed by atoms with van der Waals surface area (Å²) in [5.41, 5.74) is 3.58. The second-order valence-corrected chi connectivity index (χ2v) is 4.99. The van der Waals surface area contributed by atoms with E-state index in [0.29, 0.717) is 0 Å². The first-order valence-electron chi connectivity index (χ1n) is 5.18. The van der Waals surface area contributed by atoms with E-state index in [1.807, 2.05) is 13.1 Å². The summed E-state index contributed by atoms with van der Waals surface area (Å²) >= 11 is 7.99. The lowest BCUT2D eigenvalue weighted by Gasteiger charge is -2.17. The van der Waals surface area contributed by atoms with Gasteiger partial charge in [0.2, 0.25) is 0 Å². The molecule has 0 spiro atoms. The predicted octanol–water partition coefficient (Wildman–Crippen LogP) is 4.02. The molecule has 1 atom stereocenters. The summed E-state index contributed by atoms with van der Waals surface area (Å²) < 4.78 is 0. The van der Waals surface area contributed by atoms with Crippen LogP contribution >= 0.6 is 22.9 Å². The molecule has 1 unspecified atom stereocenters. The molecule has 2 aromatic rings. The molecule has 0 saturated heterocycles. The number of halogens is 1. The quantitative estimate of drug-likeness (QED) is 0.869. The maximum Gasteiger partial charge on any atom is 0.0597 e. The van der Waals surface area contributed by atoms with Crippen LogP contribution in [-0.4, -0.2) is 7.05 Å². The van der Waals surface area contributed by atoms with Crippen LogP contribution in [0, 0.1) is 6.92 Å². The van der Waals surface area contributed by atoms with Gasteiger partial charge in [-0.05, 0) is 53.6 Å². The second kappa shape index (κ2) is 5.00. The molecule has 0 aliphatic carbocycles. The van der Waals surface area contributed by atoms with E-state index in [1.54, 1.807) is 11.3 Å². The van der Waals surface area contributed by atoms with Gasteiger partial charge in [-0.3, -0.25) is 0 Å². The number of hydrogen-bond acceptors (Lipinski definition) is 2. The summed E-state index contributed by atoms with van der Waals surface area (Å²) in [5, 5.41) is 8.36. The van der Waals surface area contributed by atoms with E-state index in [9.17, 15) is 0 Å². The van der Waals surface area contributed by atoms with Crippen LogP contribution in [0.5, 0.6) is 0 Å². The van der Waals surface area contributed by atoms with Gasteiger partial charge in [0.05, 0.1) is 6.04 Å². The summed E-state index contributed by atoms with van der Waals surface area (Å²) in [6.07, 6.45) is 0. The monoisotopic (exact) mass is 251 g/mol. The highest BCUT2D eigenvalue weighted by atomic mass is 35.5. The maximum absolute atomic E-state index is 6.28. The number of rotatable bonds is 3. The van der Waals surface area contributed by atoms with Gasteiger partial charge in [0, 0.05) is 5.02 Å². The van der Waals surface area contributed by atoms with Gasteiger partial charge in [0.25, 0.3) is 0 Å². The lowest BCUT2D eigenvalue weighted by Crippen LogP contribution is -2.17. The van der Waals surface area contributed by atoms with E-state index in [-0.39, 0.29) is 6.04 Å². The van der Waals surface area contributed by atoms with Crippen LogP contribution in [0.1, 0.15) is 22.7 Å². The second-order valence-electron chi connectivity index (χ2n) is 3.80. The first-order chi connectivity index (χ1) is 7.72. The van der Waals surface area contributed by atoms with E-state index in [2.05, 4.69) is 41.2 Å². The minimum Gasteiger partial charge on any atom is -0.309 e. The average Bonchev–Trinajstić information content (AvgIpc) is 2.75. The molecule has 1 nitrogen and oxygen atoms in total. The molecule has 0 saturated carbocycles. The van der Waals surface area contributed by atoms with Crippen LogP contribution in [0.15, 0.2) is 35.0 Å². The lowest BCUT2D eigenvalue weighted by molar-refractivity contribution is 0.694. The van der Waals surface area contributed by atoms with Crippen molar-refractivity contribution in [2.24, 2.45) is 0 Å². The average molecular weight is 252 g/mol. The standard InChI is InChI=1S/C13H14ClNS/c1-9-3-4-11(12(14)7-9)13(15-2)10-5-6-16-8-10/h3-8,13,15H,1-2H3. The molecule has 0 amide bonds. The van der Waals surface area contributed by atoms with Gasteiger partial charge >= 0.3 is 0 Å². The lowest BCUT2D eigenvalue weighted by atomic mass is 10.0. The number of aryl methyl sites for hydroxylation is 1. The fourth-order valence-electron chi connectivity index (χ4n) is 1.81. The smallest absolute Gasteiger partial charge is 0.0597 e. The Labute approximate surface area is 105 Å². The van der Waals surface area contributed by atoms with Crippen molar-refractivity contribution < 1.29 is 0 Å². The molecular formula is C13H14ClNS. The van der Waals surface area contributed by atoms with Gasteiger partial charge in [-0.2, -0.15) is 11.3 Å². The number of thiophene rings is 1. The Morgan fingerprint density at radius 1 is 1.31 bits per heavy atom. The first-order valence-corrected chi connectivity index (χ1v) is 6.50. The van der Waals surface area contributed by atoms with Crippen molar-refractivity contribution in [1.82, 2.24) is 5.32 Å². The zero-order valence-electron chi connectivity index (χ0n) is 9.33. The molecule has 0 bridgehead atoms. The van der Waals surface area contributed by atoms with E-state index in [1.165, 1.54) is 11.1 Å². The van der Waals surface area contributed by atoms with Crippen molar-refractivity contribution in [2.45, 2.75) is 13.0 Å². The van der Waals surface area contributed by atoms with Gasteiger partial charge in [-0.15, -0.1) is 0 Å². The van der Waals surface area contributed by atoms with Crippen molar-refractivity contribution >= 4 is 22.9 Å². The molecule has 84 valence electrons. The van der Waals surface area contributed by atoms with E-state index < -0.39 is 0 Å². The van der Waals surface area contributed by atoms with Crippen LogP contribution in [0.4, 0.5) is 0 Å². The van der Waals surface area contributed by atoms with Crippen LogP contribution in [0.25, 0.3) is 0 Å². The highest BCUT2D eigenvalue weighted by Crippen LogP contribution is 2.29. The van der Waals surface area contributed by atoms with Crippen molar-refractivity contribution in [3.8, 4) is 0 Å². The molecule has 2 rings (SSSR count). The molecule has 0 aliphatic heterocycles. The highest BCUT2D eigenvalue weighted by Gasteiger charge is 2.15. The predicted molar refractivity (Wildman–Crippen MR) is 71.4 cm³/mol. The molecule has 3 heteroatoms. The van der Waals surface area contributed by atoms with E-state index >= 15 is 0 Å². The Hall–Kier alpha value is -0.830. The van der Waals surface area contributed by atoms with E-state index in [4.69, 9.17) is 11.6 Å². The summed E-state index contributed by atoms with van der Waals surface area (Å²) in [5.74, 6) is 0. The molecular weight excluding hydrogens is 238 g/mol. The number of hydrogen-bond donors (Lipinski definition) is 1. The minimum atomic E-state index is 0.180. The van der Waals surface area contributed by atoms with Crippen LogP contribution in [-0.2, 0) is 0 Å². The topological polar surface area (TPSA) is 12.0 Å². The Morgan fingerprint density at radius 2 is 2.12 bits per heavy atom. The van der Waals surface area contributed by atoms with Gasteiger partial charge in [-0.1, -0.05) is 23.7 Å². The fourth-order valence-corrected chi connectivity index (χ4v) is 2.84. The van der Waals surface area contributed by atoms with Crippen LogP contribution < -0.4 is 5.32 Å². The maximum atomic E-state index is 6.28. The molecule has 0 fully saturated rings. The zero-order chi connectivity index (χ0) is 11.5. The third kappa shape index (κ3) is 2.29. The van der Waals surface area contributed by atoms with Crippen molar-refractivity contribution in [1.29, 1.82) is 0 Å². The molecule has 0 radical (unpaired) electrons. The van der Waals surface area contributed by atoms with Crippen molar-refractivity contribution in [3.63, 3.8) is 0 Å². The third-order valence-electron chi connectivity index (χ3n) is 2.63. The third-order valence-corrected chi connectivity index (χ3v) is 3.66. The van der Waals surface area contributed by atoms with Gasteiger partial charge in [-0.25, -0.2) is 0 Å². The van der Waals surface area contributed by atoms with E-state index in [0.717, 1.165) is 10.6 Å². The van der Waals surface area contributed by atoms with Crippen LogP contribution in [0.2, 0.25) is 5.02 Å². The summed E-state index contributed by atoms with van der Waals surface area (Å²) in [6, 6.07) is 8.50. The highest BCUT2D eigenvalue weighted by molar-refractivity contribution is 7.08. The van der Waals surface area contributed by atoms with Crippen molar-refractivity contribution in [3.05, 3.63) is 56.7 Å². The summed E-state index contributed by atoms with van der Waals surface area (Å²) in [7, 11) is 1.96. The summed E-state index contributed by atoms with van der Waals surface area (Å²) in [4.78, 5) is 0. The minimum absolute atomic E-state index is 0.180.